The summed E-state index contributed by atoms with van der Waals surface area (Å²) in [7, 11) is 0. The van der Waals surface area contributed by atoms with Crippen LogP contribution in [0.5, 0.6) is 5.75 Å². The maximum atomic E-state index is 13.0. The largest absolute Gasteiger partial charge is 0.432 e. The predicted molar refractivity (Wildman–Crippen MR) is 52.4 cm³/mol. The normalized spacial score (nSPS) is 10.3. The van der Waals surface area contributed by atoms with Crippen molar-refractivity contribution in [3.8, 4) is 5.75 Å². The first-order valence-corrected chi connectivity index (χ1v) is 4.66. The number of ether oxygens (including phenoxy) is 1. The van der Waals surface area contributed by atoms with Gasteiger partial charge in [0, 0.05) is 11.8 Å². The van der Waals surface area contributed by atoms with Crippen LogP contribution in [0.1, 0.15) is 0 Å². The van der Waals surface area contributed by atoms with Gasteiger partial charge in [-0.25, -0.2) is 4.39 Å². The third-order valence-corrected chi connectivity index (χ3v) is 1.80. The van der Waals surface area contributed by atoms with Crippen LogP contribution in [0.2, 0.25) is 0 Å². The first-order valence-electron chi connectivity index (χ1n) is 4.13. The smallest absolute Gasteiger partial charge is 0.387 e. The molecular formula is C9H7ClF3NO2. The maximum Gasteiger partial charge on any atom is 0.387 e. The van der Waals surface area contributed by atoms with Crippen LogP contribution in [0.25, 0.3) is 0 Å². The Morgan fingerprint density at radius 2 is 2.19 bits per heavy atom. The summed E-state index contributed by atoms with van der Waals surface area (Å²) in [5.74, 6) is -2.40. The topological polar surface area (TPSA) is 38.3 Å². The monoisotopic (exact) mass is 253 g/mol. The lowest BCUT2D eigenvalue weighted by Gasteiger charge is -2.08. The number of rotatable bonds is 4. The van der Waals surface area contributed by atoms with Gasteiger partial charge in [0.2, 0.25) is 5.91 Å². The lowest BCUT2D eigenvalue weighted by Crippen LogP contribution is -2.13. The highest BCUT2D eigenvalue weighted by Gasteiger charge is 2.11. The second-order valence-electron chi connectivity index (χ2n) is 2.71. The van der Waals surface area contributed by atoms with E-state index in [-0.39, 0.29) is 11.6 Å². The van der Waals surface area contributed by atoms with Gasteiger partial charge < -0.3 is 10.1 Å². The summed E-state index contributed by atoms with van der Waals surface area (Å²) in [6.07, 6.45) is 0. The molecule has 1 aromatic rings. The average Bonchev–Trinajstić information content (AvgIpc) is 2.22. The van der Waals surface area contributed by atoms with Crippen molar-refractivity contribution in [3.63, 3.8) is 0 Å². The number of amides is 1. The molecule has 0 aromatic heterocycles. The van der Waals surface area contributed by atoms with Crippen molar-refractivity contribution in [2.75, 3.05) is 11.2 Å². The first kappa shape index (κ1) is 12.6. The Labute approximate surface area is 94.2 Å². The highest BCUT2D eigenvalue weighted by molar-refractivity contribution is 6.29. The Morgan fingerprint density at radius 3 is 2.75 bits per heavy atom. The molecule has 0 saturated carbocycles. The van der Waals surface area contributed by atoms with Crippen LogP contribution in [-0.4, -0.2) is 18.4 Å². The maximum absolute atomic E-state index is 13.0. The van der Waals surface area contributed by atoms with E-state index in [1.807, 2.05) is 0 Å². The molecule has 0 spiro atoms. The van der Waals surface area contributed by atoms with Gasteiger partial charge in [-0.3, -0.25) is 4.79 Å². The Kier molecular flexibility index (Phi) is 4.42. The minimum absolute atomic E-state index is 0.128. The Bertz CT molecular complexity index is 387. The molecule has 0 bridgehead atoms. The van der Waals surface area contributed by atoms with E-state index in [2.05, 4.69) is 10.1 Å². The van der Waals surface area contributed by atoms with E-state index < -0.39 is 24.1 Å². The quantitative estimate of drug-likeness (QED) is 0.838. The zero-order valence-electron chi connectivity index (χ0n) is 7.84. The standard InChI is InChI=1S/C9H7ClF3NO2/c10-4-8(15)14-5-1-2-6(11)7(3-5)16-9(12)13/h1-3,9H,4H2,(H,14,15). The van der Waals surface area contributed by atoms with Crippen molar-refractivity contribution in [2.24, 2.45) is 0 Å². The minimum atomic E-state index is -3.13. The van der Waals surface area contributed by atoms with E-state index in [1.165, 1.54) is 6.07 Å². The summed E-state index contributed by atoms with van der Waals surface area (Å²) in [6, 6.07) is 3.06. The Hall–Kier alpha value is -1.43. The number of benzene rings is 1. The fraction of sp³-hybridized carbons (Fsp3) is 0.222. The third-order valence-electron chi connectivity index (χ3n) is 1.55. The van der Waals surface area contributed by atoms with Gasteiger partial charge >= 0.3 is 6.61 Å². The molecule has 0 heterocycles. The molecule has 3 nitrogen and oxygen atoms in total. The summed E-state index contributed by atoms with van der Waals surface area (Å²) < 4.78 is 40.6. The summed E-state index contributed by atoms with van der Waals surface area (Å²) in [4.78, 5) is 10.9. The van der Waals surface area contributed by atoms with Crippen molar-refractivity contribution in [1.29, 1.82) is 0 Å². The number of carbonyl (C=O) groups excluding carboxylic acids is 1. The molecule has 1 amide bonds. The van der Waals surface area contributed by atoms with Crippen LogP contribution in [0.4, 0.5) is 18.9 Å². The van der Waals surface area contributed by atoms with E-state index in [9.17, 15) is 18.0 Å². The third kappa shape index (κ3) is 3.62. The molecule has 0 aliphatic carbocycles. The molecule has 0 atom stereocenters. The van der Waals surface area contributed by atoms with E-state index in [4.69, 9.17) is 11.6 Å². The summed E-state index contributed by atoms with van der Waals surface area (Å²) in [5, 5.41) is 2.27. The van der Waals surface area contributed by atoms with Crippen LogP contribution in [0.3, 0.4) is 0 Å². The highest BCUT2D eigenvalue weighted by Crippen LogP contribution is 2.23. The van der Waals surface area contributed by atoms with Crippen LogP contribution in [-0.2, 0) is 4.79 Å². The number of hydrogen-bond donors (Lipinski definition) is 1. The minimum Gasteiger partial charge on any atom is -0.432 e. The van der Waals surface area contributed by atoms with E-state index >= 15 is 0 Å². The Morgan fingerprint density at radius 1 is 1.50 bits per heavy atom. The lowest BCUT2D eigenvalue weighted by molar-refractivity contribution is -0.113. The number of nitrogens with one attached hydrogen (secondary N) is 1. The molecule has 0 fully saturated rings. The average molecular weight is 254 g/mol. The molecule has 1 rings (SSSR count). The van der Waals surface area contributed by atoms with Gasteiger partial charge in [-0.1, -0.05) is 0 Å². The van der Waals surface area contributed by atoms with E-state index in [1.54, 1.807) is 0 Å². The molecule has 0 radical (unpaired) electrons. The molecule has 88 valence electrons. The molecule has 1 aromatic carbocycles. The molecule has 16 heavy (non-hydrogen) atoms. The zero-order chi connectivity index (χ0) is 12.1. The summed E-state index contributed by atoms with van der Waals surface area (Å²) in [6.45, 7) is -3.13. The Balaban J connectivity index is 2.84. The fourth-order valence-corrected chi connectivity index (χ4v) is 1.03. The van der Waals surface area contributed by atoms with Gasteiger partial charge in [0.05, 0.1) is 0 Å². The number of anilines is 1. The zero-order valence-corrected chi connectivity index (χ0v) is 8.60. The van der Waals surface area contributed by atoms with Crippen molar-refractivity contribution in [3.05, 3.63) is 24.0 Å². The lowest BCUT2D eigenvalue weighted by atomic mass is 10.3. The van der Waals surface area contributed by atoms with E-state index in [0.717, 1.165) is 12.1 Å². The molecular weight excluding hydrogens is 247 g/mol. The van der Waals surface area contributed by atoms with Gasteiger partial charge in [-0.2, -0.15) is 8.78 Å². The molecule has 0 aliphatic heterocycles. The number of alkyl halides is 3. The van der Waals surface area contributed by atoms with Gasteiger partial charge in [-0.05, 0) is 12.1 Å². The summed E-state index contributed by atoms with van der Waals surface area (Å²) in [5.41, 5.74) is 0.128. The van der Waals surface area contributed by atoms with E-state index in [0.29, 0.717) is 0 Å². The second-order valence-corrected chi connectivity index (χ2v) is 2.97. The highest BCUT2D eigenvalue weighted by atomic mass is 35.5. The molecule has 0 unspecified atom stereocenters. The van der Waals surface area contributed by atoms with Crippen molar-refractivity contribution < 1.29 is 22.7 Å². The van der Waals surface area contributed by atoms with Crippen molar-refractivity contribution in [2.45, 2.75) is 6.61 Å². The molecule has 0 aliphatic rings. The number of hydrogen-bond acceptors (Lipinski definition) is 2. The molecule has 7 heteroatoms. The van der Waals surface area contributed by atoms with Gasteiger partial charge in [0.15, 0.2) is 11.6 Å². The number of carbonyl (C=O) groups is 1. The fourth-order valence-electron chi connectivity index (χ4n) is 0.962. The first-order chi connectivity index (χ1) is 7.52. The summed E-state index contributed by atoms with van der Waals surface area (Å²) >= 11 is 5.22. The van der Waals surface area contributed by atoms with Crippen LogP contribution >= 0.6 is 11.6 Å². The van der Waals surface area contributed by atoms with Crippen LogP contribution in [0, 0.1) is 5.82 Å². The molecule has 1 N–H and O–H groups in total. The second kappa shape index (κ2) is 5.60. The predicted octanol–water partition coefficient (Wildman–Crippen LogP) is 2.60. The van der Waals surface area contributed by atoms with Crippen LogP contribution < -0.4 is 10.1 Å². The van der Waals surface area contributed by atoms with Gasteiger partial charge in [0.1, 0.15) is 5.88 Å². The number of halogens is 4. The van der Waals surface area contributed by atoms with Gasteiger partial charge in [0.25, 0.3) is 0 Å². The van der Waals surface area contributed by atoms with Gasteiger partial charge in [-0.15, -0.1) is 11.6 Å². The molecule has 0 saturated heterocycles. The van der Waals surface area contributed by atoms with Crippen molar-refractivity contribution >= 4 is 23.2 Å². The van der Waals surface area contributed by atoms with Crippen molar-refractivity contribution in [1.82, 2.24) is 0 Å². The van der Waals surface area contributed by atoms with Crippen LogP contribution in [0.15, 0.2) is 18.2 Å². The SMILES string of the molecule is O=C(CCl)Nc1ccc(F)c(OC(F)F)c1.